The van der Waals surface area contributed by atoms with Crippen molar-refractivity contribution >= 4 is 34.8 Å². The molecule has 0 unspecified atom stereocenters. The minimum absolute atomic E-state index is 0.0164. The molecule has 1 N–H and O–H groups in total. The number of rotatable bonds is 5. The van der Waals surface area contributed by atoms with Gasteiger partial charge in [0.2, 0.25) is 0 Å². The maximum absolute atomic E-state index is 12.7. The monoisotopic (exact) mass is 358 g/mol. The van der Waals surface area contributed by atoms with Crippen LogP contribution in [0.4, 0.5) is 11.4 Å². The Labute approximate surface area is 149 Å². The predicted octanol–water partition coefficient (Wildman–Crippen LogP) is 3.14. The SMILES string of the molecule is COc1cccc(NC2=C(Cl)C(=O)N(c3cccc(OC)c3)C2=O)c1. The van der Waals surface area contributed by atoms with E-state index in [1.165, 1.54) is 7.11 Å². The Bertz CT molecular complexity index is 879. The zero-order valence-electron chi connectivity index (χ0n) is 13.6. The van der Waals surface area contributed by atoms with Crippen LogP contribution in [-0.2, 0) is 9.59 Å². The first-order chi connectivity index (χ1) is 12.0. The van der Waals surface area contributed by atoms with Gasteiger partial charge in [0, 0.05) is 17.8 Å². The molecule has 0 fully saturated rings. The topological polar surface area (TPSA) is 67.9 Å². The number of imide groups is 1. The minimum Gasteiger partial charge on any atom is -0.497 e. The first kappa shape index (κ1) is 16.9. The molecule has 0 spiro atoms. The minimum atomic E-state index is -0.592. The number of halogens is 1. The van der Waals surface area contributed by atoms with E-state index < -0.39 is 11.8 Å². The van der Waals surface area contributed by atoms with Crippen LogP contribution < -0.4 is 19.7 Å². The highest BCUT2D eigenvalue weighted by molar-refractivity contribution is 6.53. The number of ether oxygens (including phenoxy) is 2. The van der Waals surface area contributed by atoms with Gasteiger partial charge in [-0.3, -0.25) is 9.59 Å². The number of carbonyl (C=O) groups excluding carboxylic acids is 2. The van der Waals surface area contributed by atoms with E-state index >= 15 is 0 Å². The summed E-state index contributed by atoms with van der Waals surface area (Å²) < 4.78 is 10.3. The van der Waals surface area contributed by atoms with Crippen LogP contribution in [0.1, 0.15) is 0 Å². The Balaban J connectivity index is 1.91. The van der Waals surface area contributed by atoms with Gasteiger partial charge in [-0.25, -0.2) is 4.90 Å². The quantitative estimate of drug-likeness (QED) is 0.832. The lowest BCUT2D eigenvalue weighted by Crippen LogP contribution is -2.32. The Morgan fingerprint density at radius 2 is 1.56 bits per heavy atom. The molecule has 0 atom stereocenters. The van der Waals surface area contributed by atoms with Gasteiger partial charge in [0.05, 0.1) is 19.9 Å². The van der Waals surface area contributed by atoms with E-state index in [0.717, 1.165) is 4.90 Å². The molecule has 0 bridgehead atoms. The Morgan fingerprint density at radius 1 is 0.920 bits per heavy atom. The Morgan fingerprint density at radius 3 is 2.24 bits per heavy atom. The maximum atomic E-state index is 12.7. The molecular formula is C18H15ClN2O4. The molecule has 3 rings (SSSR count). The summed E-state index contributed by atoms with van der Waals surface area (Å²) in [6.45, 7) is 0. The lowest BCUT2D eigenvalue weighted by atomic mass is 10.2. The lowest BCUT2D eigenvalue weighted by molar-refractivity contribution is -0.120. The standard InChI is InChI=1S/C18H15ClN2O4/c1-24-13-7-3-5-11(9-13)20-16-15(19)17(22)21(18(16)23)12-6-4-8-14(10-12)25-2/h3-10,20H,1-2H3. The molecule has 2 aromatic rings. The van der Waals surface area contributed by atoms with Gasteiger partial charge in [0.15, 0.2) is 0 Å². The number of carbonyl (C=O) groups is 2. The average molecular weight is 359 g/mol. The van der Waals surface area contributed by atoms with Gasteiger partial charge in [-0.15, -0.1) is 0 Å². The molecule has 0 aliphatic carbocycles. The summed E-state index contributed by atoms with van der Waals surface area (Å²) in [5, 5.41) is 2.73. The van der Waals surface area contributed by atoms with E-state index in [2.05, 4.69) is 5.32 Å². The van der Waals surface area contributed by atoms with Crippen LogP contribution in [0.25, 0.3) is 0 Å². The number of nitrogens with one attached hydrogen (secondary N) is 1. The summed E-state index contributed by atoms with van der Waals surface area (Å²) in [4.78, 5) is 26.2. The predicted molar refractivity (Wildman–Crippen MR) is 95.0 cm³/mol. The van der Waals surface area contributed by atoms with Crippen LogP contribution >= 0.6 is 11.6 Å². The zero-order chi connectivity index (χ0) is 18.0. The van der Waals surface area contributed by atoms with Crippen molar-refractivity contribution in [2.24, 2.45) is 0 Å². The van der Waals surface area contributed by atoms with E-state index in [9.17, 15) is 9.59 Å². The third-order valence-electron chi connectivity index (χ3n) is 3.68. The molecular weight excluding hydrogens is 344 g/mol. The van der Waals surface area contributed by atoms with Crippen LogP contribution in [0, 0.1) is 0 Å². The molecule has 7 heteroatoms. The molecule has 128 valence electrons. The van der Waals surface area contributed by atoms with Crippen molar-refractivity contribution in [1.29, 1.82) is 0 Å². The fraction of sp³-hybridized carbons (Fsp3) is 0.111. The number of hydrogen-bond donors (Lipinski definition) is 1. The molecule has 6 nitrogen and oxygen atoms in total. The van der Waals surface area contributed by atoms with Crippen molar-refractivity contribution in [3.63, 3.8) is 0 Å². The molecule has 0 aromatic heterocycles. The highest BCUT2D eigenvalue weighted by atomic mass is 35.5. The summed E-state index contributed by atoms with van der Waals surface area (Å²) in [6.07, 6.45) is 0. The van der Waals surface area contributed by atoms with Crippen LogP contribution in [-0.4, -0.2) is 26.0 Å². The number of hydrogen-bond acceptors (Lipinski definition) is 5. The second-order valence-electron chi connectivity index (χ2n) is 5.19. The fourth-order valence-electron chi connectivity index (χ4n) is 2.44. The van der Waals surface area contributed by atoms with Gasteiger partial charge < -0.3 is 14.8 Å². The highest BCUT2D eigenvalue weighted by Crippen LogP contribution is 2.32. The lowest BCUT2D eigenvalue weighted by Gasteiger charge is -2.16. The van der Waals surface area contributed by atoms with Gasteiger partial charge in [0.25, 0.3) is 11.8 Å². The van der Waals surface area contributed by atoms with Crippen LogP contribution in [0.5, 0.6) is 11.5 Å². The summed E-state index contributed by atoms with van der Waals surface area (Å²) in [7, 11) is 3.05. The van der Waals surface area contributed by atoms with E-state index in [1.54, 1.807) is 55.6 Å². The van der Waals surface area contributed by atoms with Gasteiger partial charge in [-0.2, -0.15) is 0 Å². The van der Waals surface area contributed by atoms with Crippen LogP contribution in [0.2, 0.25) is 0 Å². The molecule has 1 aliphatic rings. The number of anilines is 2. The van der Waals surface area contributed by atoms with Crippen LogP contribution in [0.15, 0.2) is 59.3 Å². The average Bonchev–Trinajstić information content (AvgIpc) is 2.85. The smallest absolute Gasteiger partial charge is 0.283 e. The van der Waals surface area contributed by atoms with Crippen molar-refractivity contribution in [1.82, 2.24) is 0 Å². The highest BCUT2D eigenvalue weighted by Gasteiger charge is 2.39. The van der Waals surface area contributed by atoms with Crippen molar-refractivity contribution in [2.75, 3.05) is 24.4 Å². The number of nitrogens with zero attached hydrogens (tertiary/aromatic N) is 1. The third kappa shape index (κ3) is 3.16. The van der Waals surface area contributed by atoms with Gasteiger partial charge in [-0.1, -0.05) is 23.7 Å². The molecule has 25 heavy (non-hydrogen) atoms. The molecule has 0 saturated heterocycles. The normalized spacial score (nSPS) is 14.1. The van der Waals surface area contributed by atoms with Crippen LogP contribution in [0.3, 0.4) is 0 Å². The summed E-state index contributed by atoms with van der Waals surface area (Å²) in [5.41, 5.74) is 0.985. The number of amides is 2. The van der Waals surface area contributed by atoms with E-state index in [0.29, 0.717) is 22.9 Å². The molecule has 2 amide bonds. The number of benzene rings is 2. The largest absolute Gasteiger partial charge is 0.497 e. The third-order valence-corrected chi connectivity index (χ3v) is 4.03. The molecule has 1 aliphatic heterocycles. The summed E-state index contributed by atoms with van der Waals surface area (Å²) in [5.74, 6) is 0.0166. The fourth-order valence-corrected chi connectivity index (χ4v) is 2.65. The van der Waals surface area contributed by atoms with E-state index in [1.807, 2.05) is 0 Å². The van der Waals surface area contributed by atoms with Crippen molar-refractivity contribution in [2.45, 2.75) is 0 Å². The van der Waals surface area contributed by atoms with Crippen molar-refractivity contribution < 1.29 is 19.1 Å². The van der Waals surface area contributed by atoms with Crippen molar-refractivity contribution in [3.8, 4) is 11.5 Å². The first-order valence-corrected chi connectivity index (χ1v) is 7.76. The second-order valence-corrected chi connectivity index (χ2v) is 5.57. The van der Waals surface area contributed by atoms with Crippen molar-refractivity contribution in [3.05, 3.63) is 59.3 Å². The summed E-state index contributed by atoms with van der Waals surface area (Å²) in [6, 6.07) is 13.6. The summed E-state index contributed by atoms with van der Waals surface area (Å²) >= 11 is 6.11. The molecule has 0 saturated carbocycles. The zero-order valence-corrected chi connectivity index (χ0v) is 14.3. The Hall–Kier alpha value is -2.99. The first-order valence-electron chi connectivity index (χ1n) is 7.39. The number of methoxy groups -OCH3 is 2. The van der Waals surface area contributed by atoms with E-state index in [-0.39, 0.29) is 10.7 Å². The molecule has 2 aromatic carbocycles. The second kappa shape index (κ2) is 6.86. The maximum Gasteiger partial charge on any atom is 0.283 e. The Kier molecular flexibility index (Phi) is 4.63. The van der Waals surface area contributed by atoms with Gasteiger partial charge in [-0.05, 0) is 24.3 Å². The van der Waals surface area contributed by atoms with Gasteiger partial charge >= 0.3 is 0 Å². The molecule has 1 heterocycles. The van der Waals surface area contributed by atoms with Gasteiger partial charge in [0.1, 0.15) is 22.2 Å². The van der Waals surface area contributed by atoms with E-state index in [4.69, 9.17) is 21.1 Å². The molecule has 0 radical (unpaired) electrons.